The highest BCUT2D eigenvalue weighted by Gasteiger charge is 2.14. The van der Waals surface area contributed by atoms with Crippen LogP contribution in [0.3, 0.4) is 0 Å². The van der Waals surface area contributed by atoms with Gasteiger partial charge in [-0.05, 0) is 32.3 Å². The molecule has 0 radical (unpaired) electrons. The summed E-state index contributed by atoms with van der Waals surface area (Å²) in [6.07, 6.45) is 4.74. The molecule has 16 heavy (non-hydrogen) atoms. The molecule has 1 unspecified atom stereocenters. The van der Waals surface area contributed by atoms with E-state index in [-0.39, 0.29) is 18.4 Å². The molecular weight excluding hydrogens is 224 g/mol. The zero-order valence-electron chi connectivity index (χ0n) is 9.82. The van der Waals surface area contributed by atoms with Gasteiger partial charge in [0.15, 0.2) is 5.88 Å². The third-order valence-corrected chi connectivity index (χ3v) is 2.84. The number of hydrogen-bond acceptors (Lipinski definition) is 3. The van der Waals surface area contributed by atoms with E-state index < -0.39 is 0 Å². The zero-order chi connectivity index (χ0) is 10.7. The molecule has 0 aliphatic carbocycles. The van der Waals surface area contributed by atoms with E-state index in [2.05, 4.69) is 11.0 Å². The number of rotatable bonds is 3. The number of halogens is 1. The van der Waals surface area contributed by atoms with E-state index >= 15 is 0 Å². The minimum atomic E-state index is 0. The maximum absolute atomic E-state index is 5.78. The van der Waals surface area contributed by atoms with Crippen LogP contribution in [0.1, 0.15) is 31.9 Å². The van der Waals surface area contributed by atoms with Gasteiger partial charge in [-0.15, -0.1) is 12.4 Å². The molecule has 0 spiro atoms. The Hall–Kier alpha value is -0.670. The van der Waals surface area contributed by atoms with Crippen molar-refractivity contribution in [2.45, 2.75) is 38.6 Å². The molecule has 0 amide bonds. The van der Waals surface area contributed by atoms with Crippen molar-refractivity contribution in [1.82, 2.24) is 0 Å². The van der Waals surface area contributed by atoms with Crippen molar-refractivity contribution < 1.29 is 4.42 Å². The van der Waals surface area contributed by atoms with Gasteiger partial charge in [-0.25, -0.2) is 0 Å². The van der Waals surface area contributed by atoms with Gasteiger partial charge in [0, 0.05) is 31.6 Å². The molecule has 1 fully saturated rings. The van der Waals surface area contributed by atoms with Crippen molar-refractivity contribution in [3.63, 3.8) is 0 Å². The lowest BCUT2D eigenvalue weighted by atomic mass is 10.1. The van der Waals surface area contributed by atoms with Gasteiger partial charge in [-0.3, -0.25) is 0 Å². The van der Waals surface area contributed by atoms with E-state index in [9.17, 15) is 0 Å². The average molecular weight is 245 g/mol. The molecule has 2 rings (SSSR count). The van der Waals surface area contributed by atoms with Gasteiger partial charge in [-0.1, -0.05) is 0 Å². The summed E-state index contributed by atoms with van der Waals surface area (Å²) >= 11 is 0. The monoisotopic (exact) mass is 244 g/mol. The minimum absolute atomic E-state index is 0. The van der Waals surface area contributed by atoms with Crippen molar-refractivity contribution in [1.29, 1.82) is 0 Å². The first-order chi connectivity index (χ1) is 7.25. The second kappa shape index (κ2) is 6.16. The van der Waals surface area contributed by atoms with Gasteiger partial charge in [-0.2, -0.15) is 0 Å². The van der Waals surface area contributed by atoms with Crippen LogP contribution in [-0.2, 0) is 6.42 Å². The molecule has 2 N–H and O–H groups in total. The van der Waals surface area contributed by atoms with Crippen LogP contribution in [0.15, 0.2) is 16.5 Å². The zero-order valence-corrected chi connectivity index (χ0v) is 10.6. The van der Waals surface area contributed by atoms with Crippen molar-refractivity contribution in [2.24, 2.45) is 5.73 Å². The summed E-state index contributed by atoms with van der Waals surface area (Å²) in [4.78, 5) is 2.33. The lowest BCUT2D eigenvalue weighted by molar-refractivity contribution is 0.462. The Morgan fingerprint density at radius 3 is 2.62 bits per heavy atom. The fourth-order valence-electron chi connectivity index (χ4n) is 2.08. The molecule has 4 heteroatoms. The standard InChI is InChI=1S/C12H20N2O.ClH/c1-10(13)9-11-5-6-12(15-11)14-7-3-2-4-8-14;/h5-6,10H,2-4,7-9,13H2,1H3;1H. The second-order valence-electron chi connectivity index (χ2n) is 4.47. The van der Waals surface area contributed by atoms with Crippen LogP contribution >= 0.6 is 12.4 Å². The average Bonchev–Trinajstić information content (AvgIpc) is 2.67. The van der Waals surface area contributed by atoms with Crippen LogP contribution in [0.5, 0.6) is 0 Å². The maximum atomic E-state index is 5.78. The highest BCUT2D eigenvalue weighted by Crippen LogP contribution is 2.22. The number of piperidine rings is 1. The maximum Gasteiger partial charge on any atom is 0.195 e. The van der Waals surface area contributed by atoms with E-state index in [1.54, 1.807) is 0 Å². The summed E-state index contributed by atoms with van der Waals surface area (Å²) in [7, 11) is 0. The SMILES string of the molecule is CC(N)Cc1ccc(N2CCCCC2)o1.Cl. The van der Waals surface area contributed by atoms with Crippen LogP contribution < -0.4 is 10.6 Å². The number of nitrogens with zero attached hydrogens (tertiary/aromatic N) is 1. The summed E-state index contributed by atoms with van der Waals surface area (Å²) in [5.74, 6) is 2.02. The molecule has 3 nitrogen and oxygen atoms in total. The van der Waals surface area contributed by atoms with Crippen LogP contribution in [-0.4, -0.2) is 19.1 Å². The third-order valence-electron chi connectivity index (χ3n) is 2.84. The highest BCUT2D eigenvalue weighted by molar-refractivity contribution is 5.85. The molecule has 2 heterocycles. The molecule has 1 aliphatic rings. The van der Waals surface area contributed by atoms with Crippen molar-refractivity contribution >= 4 is 18.3 Å². The van der Waals surface area contributed by atoms with Crippen molar-refractivity contribution in [3.05, 3.63) is 17.9 Å². The summed E-state index contributed by atoms with van der Waals surface area (Å²) in [6.45, 7) is 4.26. The molecule has 0 bridgehead atoms. The van der Waals surface area contributed by atoms with E-state index in [0.717, 1.165) is 31.2 Å². The van der Waals surface area contributed by atoms with Gasteiger partial charge in [0.05, 0.1) is 0 Å². The van der Waals surface area contributed by atoms with E-state index in [1.807, 2.05) is 13.0 Å². The number of hydrogen-bond donors (Lipinski definition) is 1. The third kappa shape index (κ3) is 3.42. The summed E-state index contributed by atoms with van der Waals surface area (Å²) in [5, 5.41) is 0. The van der Waals surface area contributed by atoms with E-state index in [0.29, 0.717) is 0 Å². The summed E-state index contributed by atoms with van der Waals surface area (Å²) in [6, 6.07) is 4.29. The number of furan rings is 1. The fraction of sp³-hybridized carbons (Fsp3) is 0.667. The molecule has 92 valence electrons. The van der Waals surface area contributed by atoms with Gasteiger partial charge in [0.25, 0.3) is 0 Å². The normalized spacial score (nSPS) is 18.0. The second-order valence-corrected chi connectivity index (χ2v) is 4.47. The van der Waals surface area contributed by atoms with Gasteiger partial charge in [0.2, 0.25) is 0 Å². The van der Waals surface area contributed by atoms with Gasteiger partial charge >= 0.3 is 0 Å². The molecule has 1 saturated heterocycles. The van der Waals surface area contributed by atoms with E-state index in [1.165, 1.54) is 19.3 Å². The van der Waals surface area contributed by atoms with E-state index in [4.69, 9.17) is 10.2 Å². The molecular formula is C12H21ClN2O. The fourth-order valence-corrected chi connectivity index (χ4v) is 2.08. The predicted molar refractivity (Wildman–Crippen MR) is 69.4 cm³/mol. The van der Waals surface area contributed by atoms with Crippen LogP contribution in [0.4, 0.5) is 5.88 Å². The van der Waals surface area contributed by atoms with Crippen LogP contribution in [0.2, 0.25) is 0 Å². The first-order valence-corrected chi connectivity index (χ1v) is 5.85. The quantitative estimate of drug-likeness (QED) is 0.889. The molecule has 0 aromatic carbocycles. The molecule has 1 atom stereocenters. The van der Waals surface area contributed by atoms with Crippen molar-refractivity contribution in [2.75, 3.05) is 18.0 Å². The summed E-state index contributed by atoms with van der Waals surface area (Å²) in [5.41, 5.74) is 5.74. The smallest absolute Gasteiger partial charge is 0.195 e. The number of nitrogens with two attached hydrogens (primary N) is 1. The lowest BCUT2D eigenvalue weighted by Crippen LogP contribution is -2.28. The Labute approximate surface area is 103 Å². The Kier molecular flexibility index (Phi) is 5.16. The molecule has 1 aliphatic heterocycles. The van der Waals surface area contributed by atoms with Crippen LogP contribution in [0, 0.1) is 0 Å². The lowest BCUT2D eigenvalue weighted by Gasteiger charge is -2.26. The Balaban J connectivity index is 0.00000128. The Morgan fingerprint density at radius 2 is 2.00 bits per heavy atom. The molecule has 1 aromatic rings. The first kappa shape index (κ1) is 13.4. The molecule has 0 saturated carbocycles. The Morgan fingerprint density at radius 1 is 1.31 bits per heavy atom. The largest absolute Gasteiger partial charge is 0.446 e. The summed E-state index contributed by atoms with van der Waals surface area (Å²) < 4.78 is 5.78. The van der Waals surface area contributed by atoms with Gasteiger partial charge in [0.1, 0.15) is 5.76 Å². The predicted octanol–water partition coefficient (Wildman–Crippen LogP) is 2.58. The highest BCUT2D eigenvalue weighted by atomic mass is 35.5. The topological polar surface area (TPSA) is 42.4 Å². The van der Waals surface area contributed by atoms with Crippen molar-refractivity contribution in [3.8, 4) is 0 Å². The Bertz CT molecular complexity index is 306. The minimum Gasteiger partial charge on any atom is -0.446 e. The first-order valence-electron chi connectivity index (χ1n) is 5.85. The molecule has 1 aromatic heterocycles. The van der Waals surface area contributed by atoms with Gasteiger partial charge < -0.3 is 15.1 Å². The number of anilines is 1. The van der Waals surface area contributed by atoms with Crippen LogP contribution in [0.25, 0.3) is 0 Å².